The number of fused-ring (bicyclic) bond motifs is 1. The molecular weight excluding hydrogens is 254 g/mol. The number of carbonyl (C=O) groups is 1. The second kappa shape index (κ2) is 4.22. The average Bonchev–Trinajstić information content (AvgIpc) is 2.61. The van der Waals surface area contributed by atoms with Crippen LogP contribution in [0.15, 0.2) is 28.0 Å². The Labute approximate surface area is 105 Å². The summed E-state index contributed by atoms with van der Waals surface area (Å²) >= 11 is 0. The Morgan fingerprint density at radius 3 is 2.61 bits per heavy atom. The van der Waals surface area contributed by atoms with Gasteiger partial charge in [-0.3, -0.25) is 0 Å². The van der Waals surface area contributed by atoms with Gasteiger partial charge >= 0.3 is 5.97 Å². The molecule has 1 atom stereocenters. The quantitative estimate of drug-likeness (QED) is 0.794. The molecule has 0 aliphatic carbocycles. The normalized spacial score (nSPS) is 17.8. The molecule has 2 rings (SSSR count). The Morgan fingerprint density at radius 2 is 2.06 bits per heavy atom. The molecule has 0 amide bonds. The Balaban J connectivity index is 2.59. The van der Waals surface area contributed by atoms with Crippen molar-refractivity contribution in [3.05, 3.63) is 34.2 Å². The maximum Gasteiger partial charge on any atom is 0.328 e. The first kappa shape index (κ1) is 12.8. The number of esters is 1. The van der Waals surface area contributed by atoms with Gasteiger partial charge in [0.2, 0.25) is 9.84 Å². The van der Waals surface area contributed by atoms with Crippen LogP contribution in [0.1, 0.15) is 11.1 Å². The number of benzene rings is 1. The molecule has 18 heavy (non-hydrogen) atoms. The van der Waals surface area contributed by atoms with Gasteiger partial charge in [0.1, 0.15) is 6.04 Å². The van der Waals surface area contributed by atoms with Gasteiger partial charge in [0.15, 0.2) is 0 Å². The van der Waals surface area contributed by atoms with Gasteiger partial charge in [-0.25, -0.2) is 13.2 Å². The molecular formula is C12H13NO4S. The fourth-order valence-corrected chi connectivity index (χ4v) is 3.64. The number of hydrogen-bond donors (Lipinski definition) is 1. The molecule has 1 aromatic rings. The van der Waals surface area contributed by atoms with Crippen LogP contribution in [0.2, 0.25) is 0 Å². The fraction of sp³-hybridized carbons (Fsp3) is 0.250. The lowest BCUT2D eigenvalue weighted by molar-refractivity contribution is -0.141. The Kier molecular flexibility index (Phi) is 3.00. The van der Waals surface area contributed by atoms with Crippen LogP contribution in [0.5, 0.6) is 0 Å². The summed E-state index contributed by atoms with van der Waals surface area (Å²) in [6.45, 7) is 1.80. The number of nitrogens with two attached hydrogens (primary N) is 1. The highest BCUT2D eigenvalue weighted by Gasteiger charge is 2.37. The zero-order chi connectivity index (χ0) is 13.5. The van der Waals surface area contributed by atoms with Gasteiger partial charge in [-0.2, -0.15) is 0 Å². The number of carbonyl (C=O) groups excluding carboxylic acids is 1. The maximum absolute atomic E-state index is 12.2. The number of hydrogen-bond acceptors (Lipinski definition) is 5. The standard InChI is InChI=1S/C12H13NO4S/c1-7-4-3-5-9-8(7)6-10(18(9,15)16)11(13)12(14)17-2/h3-6,11H,13H2,1-2H3. The minimum Gasteiger partial charge on any atom is -0.468 e. The van der Waals surface area contributed by atoms with E-state index in [4.69, 9.17) is 5.73 Å². The SMILES string of the molecule is COC(=O)C(N)C1=Cc2c(C)cccc2S1(=O)=O. The molecule has 1 aliphatic heterocycles. The van der Waals surface area contributed by atoms with Crippen LogP contribution in [0, 0.1) is 6.92 Å². The highest BCUT2D eigenvalue weighted by molar-refractivity contribution is 7.96. The predicted octanol–water partition coefficient (Wildman–Crippen LogP) is 0.624. The van der Waals surface area contributed by atoms with Gasteiger partial charge in [0.05, 0.1) is 16.9 Å². The van der Waals surface area contributed by atoms with Crippen molar-refractivity contribution in [2.45, 2.75) is 17.9 Å². The molecule has 1 unspecified atom stereocenters. The van der Waals surface area contributed by atoms with E-state index in [1.54, 1.807) is 19.1 Å². The van der Waals surface area contributed by atoms with E-state index in [0.717, 1.165) is 5.56 Å². The van der Waals surface area contributed by atoms with Crippen LogP contribution >= 0.6 is 0 Å². The fourth-order valence-electron chi connectivity index (χ4n) is 1.92. The molecule has 0 saturated carbocycles. The maximum atomic E-state index is 12.2. The molecule has 0 aromatic heterocycles. The first-order valence-corrected chi connectivity index (χ1v) is 6.77. The Bertz CT molecular complexity index is 646. The molecule has 0 spiro atoms. The summed E-state index contributed by atoms with van der Waals surface area (Å²) in [5.41, 5.74) is 7.03. The summed E-state index contributed by atoms with van der Waals surface area (Å²) in [6.07, 6.45) is 1.45. The van der Waals surface area contributed by atoms with Crippen molar-refractivity contribution in [3.8, 4) is 0 Å². The minimum atomic E-state index is -3.69. The van der Waals surface area contributed by atoms with E-state index in [1.807, 2.05) is 0 Å². The molecule has 1 aromatic carbocycles. The second-order valence-corrected chi connectivity index (χ2v) is 5.96. The summed E-state index contributed by atoms with van der Waals surface area (Å²) in [5.74, 6) is -0.768. The molecule has 1 heterocycles. The lowest BCUT2D eigenvalue weighted by atomic mass is 10.1. The van der Waals surface area contributed by atoms with E-state index in [-0.39, 0.29) is 9.80 Å². The topological polar surface area (TPSA) is 86.5 Å². The minimum absolute atomic E-state index is 0.112. The average molecular weight is 267 g/mol. The highest BCUT2D eigenvalue weighted by Crippen LogP contribution is 2.35. The zero-order valence-electron chi connectivity index (χ0n) is 10.0. The molecule has 6 heteroatoms. The first-order chi connectivity index (χ1) is 8.39. The van der Waals surface area contributed by atoms with Crippen LogP contribution in [0.4, 0.5) is 0 Å². The molecule has 0 saturated heterocycles. The number of rotatable bonds is 2. The van der Waals surface area contributed by atoms with E-state index in [2.05, 4.69) is 4.74 Å². The van der Waals surface area contributed by atoms with E-state index in [0.29, 0.717) is 5.56 Å². The lowest BCUT2D eigenvalue weighted by Gasteiger charge is -2.10. The van der Waals surface area contributed by atoms with Gasteiger partial charge in [0, 0.05) is 0 Å². The molecule has 0 radical (unpaired) electrons. The largest absolute Gasteiger partial charge is 0.468 e. The monoisotopic (exact) mass is 267 g/mol. The molecule has 5 nitrogen and oxygen atoms in total. The highest BCUT2D eigenvalue weighted by atomic mass is 32.2. The van der Waals surface area contributed by atoms with Crippen molar-refractivity contribution in [2.75, 3.05) is 7.11 Å². The van der Waals surface area contributed by atoms with Gasteiger partial charge in [0.25, 0.3) is 0 Å². The van der Waals surface area contributed by atoms with Crippen LogP contribution < -0.4 is 5.73 Å². The van der Waals surface area contributed by atoms with Crippen molar-refractivity contribution in [1.29, 1.82) is 0 Å². The summed E-state index contributed by atoms with van der Waals surface area (Å²) in [6, 6.07) is 3.68. The van der Waals surface area contributed by atoms with Crippen LogP contribution in [0.25, 0.3) is 6.08 Å². The Morgan fingerprint density at radius 1 is 1.39 bits per heavy atom. The molecule has 96 valence electrons. The van der Waals surface area contributed by atoms with E-state index < -0.39 is 21.8 Å². The van der Waals surface area contributed by atoms with Crippen molar-refractivity contribution in [3.63, 3.8) is 0 Å². The van der Waals surface area contributed by atoms with Gasteiger partial charge < -0.3 is 10.5 Å². The lowest BCUT2D eigenvalue weighted by Crippen LogP contribution is -2.35. The van der Waals surface area contributed by atoms with Crippen molar-refractivity contribution in [2.24, 2.45) is 5.73 Å². The number of aryl methyl sites for hydroxylation is 1. The molecule has 0 fully saturated rings. The summed E-state index contributed by atoms with van der Waals surface area (Å²) in [4.78, 5) is 11.4. The number of methoxy groups -OCH3 is 1. The van der Waals surface area contributed by atoms with Crippen LogP contribution in [-0.2, 0) is 19.4 Å². The molecule has 1 aliphatic rings. The van der Waals surface area contributed by atoms with Crippen LogP contribution in [-0.4, -0.2) is 27.5 Å². The van der Waals surface area contributed by atoms with Crippen molar-refractivity contribution >= 4 is 21.9 Å². The molecule has 2 N–H and O–H groups in total. The predicted molar refractivity (Wildman–Crippen MR) is 66.3 cm³/mol. The van der Waals surface area contributed by atoms with Gasteiger partial charge in [-0.05, 0) is 30.2 Å². The third kappa shape index (κ3) is 1.74. The van der Waals surface area contributed by atoms with E-state index in [1.165, 1.54) is 19.3 Å². The van der Waals surface area contributed by atoms with Crippen molar-refractivity contribution in [1.82, 2.24) is 0 Å². The first-order valence-electron chi connectivity index (χ1n) is 5.29. The summed E-state index contributed by atoms with van der Waals surface area (Å²) in [7, 11) is -2.52. The van der Waals surface area contributed by atoms with Crippen molar-refractivity contribution < 1.29 is 17.9 Å². The second-order valence-electron chi connectivity index (χ2n) is 4.04. The zero-order valence-corrected chi connectivity index (χ0v) is 10.8. The number of sulfone groups is 1. The summed E-state index contributed by atoms with van der Waals surface area (Å²) < 4.78 is 29.0. The smallest absolute Gasteiger partial charge is 0.328 e. The third-order valence-electron chi connectivity index (χ3n) is 2.93. The van der Waals surface area contributed by atoms with Gasteiger partial charge in [-0.15, -0.1) is 0 Å². The number of ether oxygens (including phenoxy) is 1. The third-order valence-corrected chi connectivity index (χ3v) is 4.86. The van der Waals surface area contributed by atoms with E-state index in [9.17, 15) is 13.2 Å². The summed E-state index contributed by atoms with van der Waals surface area (Å²) in [5, 5.41) is 0. The Hall–Kier alpha value is -1.66. The van der Waals surface area contributed by atoms with Gasteiger partial charge in [-0.1, -0.05) is 12.1 Å². The van der Waals surface area contributed by atoms with Crippen LogP contribution in [0.3, 0.4) is 0 Å². The van der Waals surface area contributed by atoms with E-state index >= 15 is 0 Å². The molecule has 0 bridgehead atoms.